The van der Waals surface area contributed by atoms with Gasteiger partial charge in [-0.2, -0.15) is 9.90 Å². The lowest BCUT2D eigenvalue weighted by Gasteiger charge is -2.04. The van der Waals surface area contributed by atoms with Gasteiger partial charge in [-0.05, 0) is 0 Å². The summed E-state index contributed by atoms with van der Waals surface area (Å²) in [5, 5.41) is 4.39. The molecule has 0 heterocycles. The quantitative estimate of drug-likeness (QED) is 0.0945. The Balaban J connectivity index is 0. The van der Waals surface area contributed by atoms with E-state index in [2.05, 4.69) is 10.6 Å². The van der Waals surface area contributed by atoms with Crippen LogP contribution in [0.3, 0.4) is 0 Å². The fourth-order valence-corrected chi connectivity index (χ4v) is 0.307. The van der Waals surface area contributed by atoms with Crippen molar-refractivity contribution in [3.8, 4) is 0 Å². The number of nitrogens with one attached hydrogen (secondary N) is 4. The van der Waals surface area contributed by atoms with Crippen molar-refractivity contribution in [1.82, 2.24) is 21.5 Å². The number of nitrogens with two attached hydrogens (primary N) is 2. The van der Waals surface area contributed by atoms with E-state index in [1.54, 1.807) is 10.9 Å². The molecule has 1 unspecified atom stereocenters. The standard InChI is InChI=1S/C3H10N6O2.H3P/c4-8-2(10)6-1-7-3(11)9-5;/h1,4-5H2,(H2,6,8,10)(H2,7,9,11);1H3. The Morgan fingerprint density at radius 2 is 1.33 bits per heavy atom. The van der Waals surface area contributed by atoms with Gasteiger partial charge < -0.3 is 10.6 Å². The lowest BCUT2D eigenvalue weighted by Crippen LogP contribution is -2.48. The lowest BCUT2D eigenvalue weighted by molar-refractivity contribution is 0.235. The lowest BCUT2D eigenvalue weighted by atomic mass is 10.9. The predicted molar refractivity (Wildman–Crippen MR) is 47.7 cm³/mol. The van der Waals surface area contributed by atoms with Gasteiger partial charge in [0.05, 0.1) is 6.67 Å². The highest BCUT2D eigenvalue weighted by Crippen LogP contribution is 1.58. The smallest absolute Gasteiger partial charge is 0.320 e. The van der Waals surface area contributed by atoms with Crippen LogP contribution in [0.5, 0.6) is 0 Å². The summed E-state index contributed by atoms with van der Waals surface area (Å²) in [6, 6.07) is -1.19. The van der Waals surface area contributed by atoms with E-state index in [1.165, 1.54) is 0 Å². The van der Waals surface area contributed by atoms with E-state index in [0.717, 1.165) is 0 Å². The molecule has 0 bridgehead atoms. The molecule has 72 valence electrons. The van der Waals surface area contributed by atoms with Gasteiger partial charge in [-0.15, -0.1) is 0 Å². The first-order valence-corrected chi connectivity index (χ1v) is 2.69. The summed E-state index contributed by atoms with van der Waals surface area (Å²) >= 11 is 0. The molecular formula is C3H13N6O2P. The molecule has 12 heavy (non-hydrogen) atoms. The van der Waals surface area contributed by atoms with Crippen LogP contribution in [-0.2, 0) is 0 Å². The van der Waals surface area contributed by atoms with Crippen molar-refractivity contribution in [1.29, 1.82) is 0 Å². The largest absolute Gasteiger partial charge is 0.330 e. The summed E-state index contributed by atoms with van der Waals surface area (Å²) in [5.41, 5.74) is 3.61. The maximum Gasteiger partial charge on any atom is 0.330 e. The summed E-state index contributed by atoms with van der Waals surface area (Å²) in [7, 11) is 0. The van der Waals surface area contributed by atoms with Gasteiger partial charge in [0.2, 0.25) is 0 Å². The van der Waals surface area contributed by atoms with E-state index in [1.807, 2.05) is 0 Å². The van der Waals surface area contributed by atoms with Crippen molar-refractivity contribution in [2.75, 3.05) is 6.67 Å². The van der Waals surface area contributed by atoms with Crippen molar-refractivity contribution in [2.24, 2.45) is 11.7 Å². The van der Waals surface area contributed by atoms with E-state index < -0.39 is 12.1 Å². The number of hydrogen-bond donors (Lipinski definition) is 6. The van der Waals surface area contributed by atoms with Crippen molar-refractivity contribution in [3.05, 3.63) is 0 Å². The molecule has 0 aliphatic rings. The summed E-state index contributed by atoms with van der Waals surface area (Å²) in [6.07, 6.45) is 0. The van der Waals surface area contributed by atoms with Gasteiger partial charge in [-0.1, -0.05) is 0 Å². The minimum atomic E-state index is -0.595. The average Bonchev–Trinajstić information content (AvgIpc) is 2.04. The first kappa shape index (κ1) is 13.5. The molecule has 0 fully saturated rings. The maximum absolute atomic E-state index is 10.3. The zero-order valence-electron chi connectivity index (χ0n) is 6.39. The molecule has 0 saturated carbocycles. The van der Waals surface area contributed by atoms with Crippen LogP contribution in [0.15, 0.2) is 0 Å². The maximum atomic E-state index is 10.3. The summed E-state index contributed by atoms with van der Waals surface area (Å²) in [6.45, 7) is -0.0495. The monoisotopic (exact) mass is 196 g/mol. The Labute approximate surface area is 72.4 Å². The number of urea groups is 2. The normalized spacial score (nSPS) is 7.50. The van der Waals surface area contributed by atoms with Crippen LogP contribution in [0.1, 0.15) is 0 Å². The number of carbonyl (C=O) groups excluding carboxylic acids is 2. The van der Waals surface area contributed by atoms with Crippen LogP contribution in [0.4, 0.5) is 9.59 Å². The van der Waals surface area contributed by atoms with Crippen LogP contribution in [0.2, 0.25) is 0 Å². The van der Waals surface area contributed by atoms with Crippen LogP contribution >= 0.6 is 9.90 Å². The third-order valence-electron chi connectivity index (χ3n) is 0.760. The molecule has 8 N–H and O–H groups in total. The summed E-state index contributed by atoms with van der Waals surface area (Å²) < 4.78 is 0. The highest BCUT2D eigenvalue weighted by molar-refractivity contribution is 6.92. The number of carbonyl (C=O) groups is 2. The van der Waals surface area contributed by atoms with Crippen LogP contribution in [0, 0.1) is 0 Å². The van der Waals surface area contributed by atoms with E-state index in [4.69, 9.17) is 11.7 Å². The second kappa shape index (κ2) is 7.99. The van der Waals surface area contributed by atoms with Gasteiger partial charge in [0.1, 0.15) is 0 Å². The first-order chi connectivity index (χ1) is 5.20. The molecule has 0 aromatic rings. The zero-order chi connectivity index (χ0) is 8.69. The van der Waals surface area contributed by atoms with E-state index in [0.29, 0.717) is 0 Å². The Bertz CT molecular complexity index is 136. The second-order valence-corrected chi connectivity index (χ2v) is 1.48. The molecule has 1 atom stereocenters. The van der Waals surface area contributed by atoms with Gasteiger partial charge in [0, 0.05) is 0 Å². The van der Waals surface area contributed by atoms with Gasteiger partial charge in [-0.25, -0.2) is 21.3 Å². The van der Waals surface area contributed by atoms with Crippen LogP contribution in [0.25, 0.3) is 0 Å². The molecular weight excluding hydrogens is 183 g/mol. The zero-order valence-corrected chi connectivity index (χ0v) is 7.80. The Kier molecular flexibility index (Phi) is 8.98. The van der Waals surface area contributed by atoms with E-state index >= 15 is 0 Å². The topological polar surface area (TPSA) is 134 Å². The summed E-state index contributed by atoms with van der Waals surface area (Å²) in [5.74, 6) is 9.41. The van der Waals surface area contributed by atoms with Crippen molar-refractivity contribution >= 4 is 22.0 Å². The summed E-state index contributed by atoms with van der Waals surface area (Å²) in [4.78, 5) is 20.7. The van der Waals surface area contributed by atoms with Gasteiger partial charge in [0.15, 0.2) is 0 Å². The molecule has 0 radical (unpaired) electrons. The molecule has 0 aromatic carbocycles. The third-order valence-corrected chi connectivity index (χ3v) is 0.760. The van der Waals surface area contributed by atoms with E-state index in [-0.39, 0.29) is 16.6 Å². The van der Waals surface area contributed by atoms with Gasteiger partial charge in [-0.3, -0.25) is 10.9 Å². The Hall–Kier alpha value is -1.11. The van der Waals surface area contributed by atoms with Crippen LogP contribution < -0.4 is 33.2 Å². The molecule has 9 heteroatoms. The minimum Gasteiger partial charge on any atom is -0.320 e. The number of hydrogen-bond acceptors (Lipinski definition) is 4. The molecule has 4 amide bonds. The predicted octanol–water partition coefficient (Wildman–Crippen LogP) is -2.65. The Morgan fingerprint density at radius 3 is 1.58 bits per heavy atom. The van der Waals surface area contributed by atoms with Gasteiger partial charge in [0.25, 0.3) is 0 Å². The third kappa shape index (κ3) is 7.00. The molecule has 0 spiro atoms. The van der Waals surface area contributed by atoms with Crippen LogP contribution in [-0.4, -0.2) is 18.7 Å². The van der Waals surface area contributed by atoms with Crippen molar-refractivity contribution in [3.63, 3.8) is 0 Å². The van der Waals surface area contributed by atoms with Crippen molar-refractivity contribution in [2.45, 2.75) is 0 Å². The fourth-order valence-electron chi connectivity index (χ4n) is 0.307. The van der Waals surface area contributed by atoms with Crippen molar-refractivity contribution < 1.29 is 9.59 Å². The number of hydrazine groups is 2. The van der Waals surface area contributed by atoms with Gasteiger partial charge >= 0.3 is 12.1 Å². The second-order valence-electron chi connectivity index (χ2n) is 1.48. The SMILES string of the molecule is NNC(=O)NCNC(=O)NN.P. The molecule has 0 aromatic heterocycles. The Morgan fingerprint density at radius 1 is 1.00 bits per heavy atom. The van der Waals surface area contributed by atoms with E-state index in [9.17, 15) is 9.59 Å². The highest BCUT2D eigenvalue weighted by atomic mass is 31.0. The number of rotatable bonds is 2. The molecule has 0 aliphatic carbocycles. The molecule has 0 aliphatic heterocycles. The fraction of sp³-hybridized carbons (Fsp3) is 0.333. The molecule has 0 saturated heterocycles. The highest BCUT2D eigenvalue weighted by Gasteiger charge is 1.96. The number of amides is 4. The average molecular weight is 196 g/mol. The first-order valence-electron chi connectivity index (χ1n) is 2.69. The minimum absolute atomic E-state index is 0. The molecule has 0 rings (SSSR count). The molecule has 8 nitrogen and oxygen atoms in total.